The summed E-state index contributed by atoms with van der Waals surface area (Å²) in [6, 6.07) is 3.55. The molecule has 2 aromatic heterocycles. The Kier molecular flexibility index (Phi) is 5.98. The van der Waals surface area contributed by atoms with Crippen LogP contribution in [0.2, 0.25) is 0 Å². The van der Waals surface area contributed by atoms with Crippen LogP contribution in [-0.4, -0.2) is 48.8 Å². The minimum atomic E-state index is -0.642. The fourth-order valence-corrected chi connectivity index (χ4v) is 2.13. The smallest absolute Gasteiger partial charge is 0.412 e. The summed E-state index contributed by atoms with van der Waals surface area (Å²) >= 11 is 6.05. The third-order valence-corrected chi connectivity index (χ3v) is 3.54. The fraction of sp³-hybridized carbons (Fsp3) is 0.588. The summed E-state index contributed by atoms with van der Waals surface area (Å²) in [5.41, 5.74) is 0.583. The molecule has 0 bridgehead atoms. The standard InChI is InChI=1S/C17H26ClN5O3/c1-16(2,3)12-10-14(19-15(25)26-11-17(4,5)18)23(20-12)13-6-7-22(21-13)8-9-24/h6-7,10,24H,8-9,11H2,1-5H3,(H,19,25). The molecule has 2 N–H and O–H groups in total. The van der Waals surface area contributed by atoms with Crippen LogP contribution in [0.25, 0.3) is 5.82 Å². The molecule has 1 amide bonds. The van der Waals surface area contributed by atoms with Crippen LogP contribution in [0.4, 0.5) is 10.6 Å². The van der Waals surface area contributed by atoms with E-state index in [9.17, 15) is 4.79 Å². The van der Waals surface area contributed by atoms with E-state index in [0.717, 1.165) is 5.69 Å². The quantitative estimate of drug-likeness (QED) is 0.748. The molecule has 0 aromatic carbocycles. The summed E-state index contributed by atoms with van der Waals surface area (Å²) in [4.78, 5) is 11.5. The zero-order valence-corrected chi connectivity index (χ0v) is 16.5. The number of hydrogen-bond acceptors (Lipinski definition) is 5. The average molecular weight is 384 g/mol. The molecule has 0 atom stereocenters. The highest BCUT2D eigenvalue weighted by Crippen LogP contribution is 2.26. The third kappa shape index (κ3) is 5.47. The van der Waals surface area contributed by atoms with E-state index < -0.39 is 11.0 Å². The van der Waals surface area contributed by atoms with E-state index >= 15 is 0 Å². The Morgan fingerprint density at radius 2 is 2.00 bits per heavy atom. The van der Waals surface area contributed by atoms with Gasteiger partial charge in [0.05, 0.1) is 23.7 Å². The Labute approximate surface area is 158 Å². The molecule has 0 aliphatic heterocycles. The van der Waals surface area contributed by atoms with Crippen molar-refractivity contribution in [2.75, 3.05) is 18.5 Å². The van der Waals surface area contributed by atoms with Gasteiger partial charge in [-0.15, -0.1) is 11.6 Å². The zero-order chi connectivity index (χ0) is 19.5. The monoisotopic (exact) mass is 383 g/mol. The predicted octanol–water partition coefficient (Wildman–Crippen LogP) is 2.92. The van der Waals surface area contributed by atoms with E-state index in [0.29, 0.717) is 18.2 Å². The van der Waals surface area contributed by atoms with Gasteiger partial charge < -0.3 is 9.84 Å². The van der Waals surface area contributed by atoms with Crippen LogP contribution in [0, 0.1) is 0 Å². The van der Waals surface area contributed by atoms with Crippen molar-refractivity contribution in [3.05, 3.63) is 24.0 Å². The summed E-state index contributed by atoms with van der Waals surface area (Å²) in [5, 5.41) is 20.7. The van der Waals surface area contributed by atoms with Gasteiger partial charge in [-0.1, -0.05) is 20.8 Å². The maximum atomic E-state index is 12.1. The first kappa shape index (κ1) is 20.3. The van der Waals surface area contributed by atoms with Crippen molar-refractivity contribution in [1.29, 1.82) is 0 Å². The van der Waals surface area contributed by atoms with E-state index in [2.05, 4.69) is 15.5 Å². The number of nitrogens with one attached hydrogen (secondary N) is 1. The largest absolute Gasteiger partial charge is 0.447 e. The molecule has 0 fully saturated rings. The Balaban J connectivity index is 2.28. The molecule has 0 spiro atoms. The van der Waals surface area contributed by atoms with Crippen molar-refractivity contribution in [3.8, 4) is 5.82 Å². The van der Waals surface area contributed by atoms with Crippen LogP contribution in [0.5, 0.6) is 0 Å². The lowest BCUT2D eigenvalue weighted by Crippen LogP contribution is -2.25. The molecule has 2 heterocycles. The molecule has 26 heavy (non-hydrogen) atoms. The van der Waals surface area contributed by atoms with Gasteiger partial charge >= 0.3 is 6.09 Å². The molecule has 8 nitrogen and oxygen atoms in total. The van der Waals surface area contributed by atoms with Gasteiger partial charge in [-0.05, 0) is 13.8 Å². The molecule has 0 aliphatic carbocycles. The number of carbonyl (C=O) groups is 1. The number of nitrogens with zero attached hydrogens (tertiary/aromatic N) is 4. The minimum absolute atomic E-state index is 0.0148. The van der Waals surface area contributed by atoms with E-state index in [-0.39, 0.29) is 18.6 Å². The second-order valence-electron chi connectivity index (χ2n) is 7.66. The van der Waals surface area contributed by atoms with Crippen molar-refractivity contribution in [2.45, 2.75) is 51.5 Å². The van der Waals surface area contributed by atoms with Gasteiger partial charge in [0.15, 0.2) is 5.82 Å². The highest BCUT2D eigenvalue weighted by atomic mass is 35.5. The summed E-state index contributed by atoms with van der Waals surface area (Å²) < 4.78 is 8.30. The van der Waals surface area contributed by atoms with Gasteiger partial charge in [-0.3, -0.25) is 10.00 Å². The lowest BCUT2D eigenvalue weighted by molar-refractivity contribution is 0.152. The number of aliphatic hydroxyl groups is 1. The van der Waals surface area contributed by atoms with E-state index in [1.54, 1.807) is 41.5 Å². The number of anilines is 1. The fourth-order valence-electron chi connectivity index (χ4n) is 2.08. The first-order valence-corrected chi connectivity index (χ1v) is 8.75. The molecule has 2 aromatic rings. The predicted molar refractivity (Wildman–Crippen MR) is 100 cm³/mol. The number of aromatic nitrogens is 4. The van der Waals surface area contributed by atoms with Gasteiger partial charge in [0.2, 0.25) is 0 Å². The first-order valence-electron chi connectivity index (χ1n) is 8.37. The van der Waals surface area contributed by atoms with E-state index in [4.69, 9.17) is 21.4 Å². The Hall–Kier alpha value is -2.06. The molecule has 0 unspecified atom stereocenters. The Morgan fingerprint density at radius 1 is 1.31 bits per heavy atom. The number of ether oxygens (including phenoxy) is 1. The van der Waals surface area contributed by atoms with Crippen molar-refractivity contribution in [2.24, 2.45) is 0 Å². The topological polar surface area (TPSA) is 94.2 Å². The second-order valence-corrected chi connectivity index (χ2v) is 8.68. The van der Waals surface area contributed by atoms with Gasteiger partial charge in [-0.25, -0.2) is 4.79 Å². The van der Waals surface area contributed by atoms with Gasteiger partial charge in [0, 0.05) is 23.7 Å². The molecule has 9 heteroatoms. The molecule has 144 valence electrons. The van der Waals surface area contributed by atoms with Crippen molar-refractivity contribution in [3.63, 3.8) is 0 Å². The van der Waals surface area contributed by atoms with Crippen LogP contribution >= 0.6 is 11.6 Å². The summed E-state index contributed by atoms with van der Waals surface area (Å²) in [7, 11) is 0. The summed E-state index contributed by atoms with van der Waals surface area (Å²) in [6.45, 7) is 10.1. The summed E-state index contributed by atoms with van der Waals surface area (Å²) in [5.74, 6) is 0.975. The molecular formula is C17H26ClN5O3. The second kappa shape index (κ2) is 7.67. The molecule has 2 rings (SSSR count). The normalized spacial score (nSPS) is 12.3. The van der Waals surface area contributed by atoms with Crippen molar-refractivity contribution in [1.82, 2.24) is 19.6 Å². The van der Waals surface area contributed by atoms with E-state index in [1.165, 1.54) is 0 Å². The number of amides is 1. The number of aliphatic hydroxyl groups excluding tert-OH is 1. The highest BCUT2D eigenvalue weighted by molar-refractivity contribution is 6.23. The molecule has 0 saturated heterocycles. The van der Waals surface area contributed by atoms with Crippen molar-refractivity contribution >= 4 is 23.5 Å². The van der Waals surface area contributed by atoms with Gasteiger partial charge in [0.1, 0.15) is 12.4 Å². The van der Waals surface area contributed by atoms with Crippen LogP contribution < -0.4 is 5.32 Å². The lowest BCUT2D eigenvalue weighted by Gasteiger charge is -2.15. The zero-order valence-electron chi connectivity index (χ0n) is 15.8. The highest BCUT2D eigenvalue weighted by Gasteiger charge is 2.23. The number of rotatable bonds is 6. The molecule has 0 saturated carbocycles. The maximum absolute atomic E-state index is 12.1. The SMILES string of the molecule is CC(C)(Cl)COC(=O)Nc1cc(C(C)(C)C)nn1-c1ccn(CCO)n1. The minimum Gasteiger partial charge on any atom is -0.447 e. The Morgan fingerprint density at radius 3 is 2.58 bits per heavy atom. The number of alkyl halides is 1. The molecule has 0 radical (unpaired) electrons. The van der Waals surface area contributed by atoms with Gasteiger partial charge in [0.25, 0.3) is 0 Å². The summed E-state index contributed by atoms with van der Waals surface area (Å²) in [6.07, 6.45) is 1.12. The van der Waals surface area contributed by atoms with Crippen LogP contribution in [-0.2, 0) is 16.7 Å². The maximum Gasteiger partial charge on any atom is 0.412 e. The number of hydrogen-bond donors (Lipinski definition) is 2. The number of carbonyl (C=O) groups excluding carboxylic acids is 1. The van der Waals surface area contributed by atoms with Gasteiger partial charge in [-0.2, -0.15) is 14.9 Å². The Bertz CT molecular complexity index is 755. The van der Waals surface area contributed by atoms with E-state index in [1.807, 2.05) is 20.8 Å². The lowest BCUT2D eigenvalue weighted by atomic mass is 9.92. The molecular weight excluding hydrogens is 358 g/mol. The van der Waals surface area contributed by atoms with Crippen LogP contribution in [0.1, 0.15) is 40.3 Å². The molecule has 0 aliphatic rings. The first-order chi connectivity index (χ1) is 12.0. The van der Waals surface area contributed by atoms with Crippen molar-refractivity contribution < 1.29 is 14.6 Å². The third-order valence-electron chi connectivity index (χ3n) is 3.43. The van der Waals surface area contributed by atoms with Crippen LogP contribution in [0.3, 0.4) is 0 Å². The number of halogens is 1. The van der Waals surface area contributed by atoms with Crippen LogP contribution in [0.15, 0.2) is 18.3 Å². The average Bonchev–Trinajstić information content (AvgIpc) is 3.11.